The summed E-state index contributed by atoms with van der Waals surface area (Å²) in [7, 11) is 0. The third-order valence-corrected chi connectivity index (χ3v) is 2.61. The molecule has 78 valence electrons. The van der Waals surface area contributed by atoms with Gasteiger partial charge < -0.3 is 10.8 Å². The van der Waals surface area contributed by atoms with E-state index in [2.05, 4.69) is 0 Å². The van der Waals surface area contributed by atoms with Crippen LogP contribution in [0.1, 0.15) is 31.9 Å². The lowest BCUT2D eigenvalue weighted by Crippen LogP contribution is -2.18. The maximum absolute atomic E-state index is 13.0. The van der Waals surface area contributed by atoms with Crippen molar-refractivity contribution < 1.29 is 9.50 Å². The number of hydrogen-bond acceptors (Lipinski definition) is 2. The highest BCUT2D eigenvalue weighted by molar-refractivity contribution is 5.29. The molecule has 0 radical (unpaired) electrons. The fraction of sp³-hybridized carbons (Fsp3) is 0.455. The maximum Gasteiger partial charge on any atom is 0.165 e. The van der Waals surface area contributed by atoms with Crippen molar-refractivity contribution in [2.45, 2.75) is 26.3 Å². The molecule has 1 aromatic rings. The van der Waals surface area contributed by atoms with Gasteiger partial charge in [-0.15, -0.1) is 0 Å². The first-order valence-corrected chi connectivity index (χ1v) is 4.80. The first-order valence-electron chi connectivity index (χ1n) is 4.80. The number of hydrogen-bond donors (Lipinski definition) is 2. The van der Waals surface area contributed by atoms with Gasteiger partial charge in [0.05, 0.1) is 0 Å². The van der Waals surface area contributed by atoms with Crippen molar-refractivity contribution >= 4 is 0 Å². The summed E-state index contributed by atoms with van der Waals surface area (Å²) in [5, 5.41) is 9.01. The lowest BCUT2D eigenvalue weighted by Gasteiger charge is -2.18. The molecule has 0 aliphatic heterocycles. The number of phenols is 1. The number of phenolic OH excluding ortho intramolecular Hbond substituents is 1. The summed E-state index contributed by atoms with van der Waals surface area (Å²) in [4.78, 5) is 0. The number of benzene rings is 1. The van der Waals surface area contributed by atoms with Crippen molar-refractivity contribution in [1.29, 1.82) is 0 Å². The number of aromatic hydroxyl groups is 1. The molecule has 0 heterocycles. The van der Waals surface area contributed by atoms with E-state index in [9.17, 15) is 4.39 Å². The third kappa shape index (κ3) is 2.23. The van der Waals surface area contributed by atoms with Crippen LogP contribution in [0.15, 0.2) is 18.2 Å². The molecule has 0 saturated carbocycles. The quantitative estimate of drug-likeness (QED) is 0.782. The summed E-state index contributed by atoms with van der Waals surface area (Å²) >= 11 is 0. The van der Waals surface area contributed by atoms with Crippen LogP contribution >= 0.6 is 0 Å². The summed E-state index contributed by atoms with van der Waals surface area (Å²) in [6, 6.07) is 4.13. The Kier molecular flexibility index (Phi) is 3.47. The van der Waals surface area contributed by atoms with Gasteiger partial charge in [-0.1, -0.05) is 26.3 Å². The van der Waals surface area contributed by atoms with Gasteiger partial charge in [0.25, 0.3) is 0 Å². The van der Waals surface area contributed by atoms with Crippen LogP contribution in [0, 0.1) is 11.7 Å². The number of rotatable bonds is 3. The highest BCUT2D eigenvalue weighted by Crippen LogP contribution is 2.25. The Bertz CT molecular complexity index is 314. The fourth-order valence-corrected chi connectivity index (χ4v) is 1.31. The Morgan fingerprint density at radius 2 is 2.14 bits per heavy atom. The van der Waals surface area contributed by atoms with Crippen molar-refractivity contribution in [3.63, 3.8) is 0 Å². The second-order valence-corrected chi connectivity index (χ2v) is 3.62. The molecule has 3 N–H and O–H groups in total. The third-order valence-electron chi connectivity index (χ3n) is 2.61. The molecule has 14 heavy (non-hydrogen) atoms. The zero-order chi connectivity index (χ0) is 10.7. The molecule has 0 amide bonds. The van der Waals surface area contributed by atoms with Gasteiger partial charge in [-0.05, 0) is 23.6 Å². The van der Waals surface area contributed by atoms with Crippen molar-refractivity contribution in [2.75, 3.05) is 0 Å². The summed E-state index contributed by atoms with van der Waals surface area (Å²) in [6.07, 6.45) is 0.948. The first-order chi connectivity index (χ1) is 6.56. The maximum atomic E-state index is 13.0. The molecular formula is C11H16FNO. The van der Waals surface area contributed by atoms with Crippen LogP contribution in [0.25, 0.3) is 0 Å². The number of halogens is 1. The molecule has 2 nitrogen and oxygen atoms in total. The summed E-state index contributed by atoms with van der Waals surface area (Å²) in [5.41, 5.74) is 6.65. The Labute approximate surface area is 83.6 Å². The van der Waals surface area contributed by atoms with Crippen molar-refractivity contribution in [1.82, 2.24) is 0 Å². The average Bonchev–Trinajstić information content (AvgIpc) is 2.20. The lowest BCUT2D eigenvalue weighted by atomic mass is 9.93. The molecule has 3 heteroatoms. The van der Waals surface area contributed by atoms with E-state index in [4.69, 9.17) is 10.8 Å². The Hall–Kier alpha value is -1.09. The van der Waals surface area contributed by atoms with Gasteiger partial charge in [-0.3, -0.25) is 0 Å². The van der Waals surface area contributed by atoms with E-state index in [0.29, 0.717) is 5.92 Å². The molecule has 1 unspecified atom stereocenters. The normalized spacial score (nSPS) is 15.1. The van der Waals surface area contributed by atoms with Gasteiger partial charge in [-0.2, -0.15) is 0 Å². The monoisotopic (exact) mass is 197 g/mol. The molecule has 1 rings (SSSR count). The van der Waals surface area contributed by atoms with Crippen LogP contribution in [0.4, 0.5) is 4.39 Å². The molecule has 0 spiro atoms. The Morgan fingerprint density at radius 1 is 1.50 bits per heavy atom. The molecular weight excluding hydrogens is 181 g/mol. The summed E-state index contributed by atoms with van der Waals surface area (Å²) in [5.74, 6) is -0.634. The molecule has 2 atom stereocenters. The second-order valence-electron chi connectivity index (χ2n) is 3.62. The van der Waals surface area contributed by atoms with E-state index < -0.39 is 5.82 Å². The zero-order valence-corrected chi connectivity index (χ0v) is 8.50. The van der Waals surface area contributed by atoms with Crippen LogP contribution in [0.2, 0.25) is 0 Å². The van der Waals surface area contributed by atoms with Crippen molar-refractivity contribution in [3.8, 4) is 5.75 Å². The van der Waals surface area contributed by atoms with Gasteiger partial charge >= 0.3 is 0 Å². The van der Waals surface area contributed by atoms with E-state index in [1.54, 1.807) is 6.07 Å². The van der Waals surface area contributed by atoms with Crippen LogP contribution in [-0.4, -0.2) is 5.11 Å². The smallest absolute Gasteiger partial charge is 0.165 e. The molecule has 0 saturated heterocycles. The Balaban J connectivity index is 2.91. The number of nitrogens with two attached hydrogens (primary N) is 1. The lowest BCUT2D eigenvalue weighted by molar-refractivity contribution is 0.425. The molecule has 1 aromatic carbocycles. The van der Waals surface area contributed by atoms with Crippen molar-refractivity contribution in [2.24, 2.45) is 11.7 Å². The van der Waals surface area contributed by atoms with Crippen LogP contribution in [0.3, 0.4) is 0 Å². The molecule has 0 aliphatic carbocycles. The first kappa shape index (κ1) is 11.0. The van der Waals surface area contributed by atoms with Gasteiger partial charge in [0.1, 0.15) is 0 Å². The largest absolute Gasteiger partial charge is 0.505 e. The summed E-state index contributed by atoms with van der Waals surface area (Å²) in [6.45, 7) is 4.07. The topological polar surface area (TPSA) is 46.2 Å². The van der Waals surface area contributed by atoms with Gasteiger partial charge in [0.2, 0.25) is 0 Å². The highest BCUT2D eigenvalue weighted by Gasteiger charge is 2.14. The fourth-order valence-electron chi connectivity index (χ4n) is 1.31. The predicted octanol–water partition coefficient (Wildman–Crippen LogP) is 2.58. The van der Waals surface area contributed by atoms with E-state index in [1.165, 1.54) is 12.1 Å². The summed E-state index contributed by atoms with van der Waals surface area (Å²) < 4.78 is 13.0. The van der Waals surface area contributed by atoms with Gasteiger partial charge in [-0.25, -0.2) is 4.39 Å². The minimum atomic E-state index is -0.610. The molecule has 0 bridgehead atoms. The second kappa shape index (κ2) is 4.42. The molecule has 0 aromatic heterocycles. The van der Waals surface area contributed by atoms with Crippen LogP contribution < -0.4 is 5.73 Å². The minimum absolute atomic E-state index is 0.171. The van der Waals surface area contributed by atoms with E-state index in [-0.39, 0.29) is 11.8 Å². The SMILES string of the molecule is CCC(C)[C@@H](N)c1ccc(O)c(F)c1. The van der Waals surface area contributed by atoms with E-state index >= 15 is 0 Å². The van der Waals surface area contributed by atoms with E-state index in [0.717, 1.165) is 12.0 Å². The Morgan fingerprint density at radius 3 is 2.64 bits per heavy atom. The standard InChI is InChI=1S/C11H16FNO/c1-3-7(2)11(13)8-4-5-10(14)9(12)6-8/h4-7,11,14H,3,13H2,1-2H3/t7?,11-/m1/s1. The molecule has 0 aliphatic rings. The molecule has 0 fully saturated rings. The van der Waals surface area contributed by atoms with Crippen molar-refractivity contribution in [3.05, 3.63) is 29.6 Å². The van der Waals surface area contributed by atoms with Crippen LogP contribution in [0.5, 0.6) is 5.75 Å². The van der Waals surface area contributed by atoms with Gasteiger partial charge in [0.15, 0.2) is 11.6 Å². The predicted molar refractivity (Wildman–Crippen MR) is 54.4 cm³/mol. The minimum Gasteiger partial charge on any atom is -0.505 e. The highest BCUT2D eigenvalue weighted by atomic mass is 19.1. The van der Waals surface area contributed by atoms with Crippen LogP contribution in [-0.2, 0) is 0 Å². The average molecular weight is 197 g/mol. The van der Waals surface area contributed by atoms with E-state index in [1.807, 2.05) is 13.8 Å². The van der Waals surface area contributed by atoms with Gasteiger partial charge in [0, 0.05) is 6.04 Å². The zero-order valence-electron chi connectivity index (χ0n) is 8.50.